The van der Waals surface area contributed by atoms with Crippen LogP contribution in [0.1, 0.15) is 12.8 Å². The Bertz CT molecular complexity index is 471. The van der Waals surface area contributed by atoms with Gasteiger partial charge in [-0.25, -0.2) is 0 Å². The second kappa shape index (κ2) is 4.18. The molecular formula is C13H15NO2. The average molecular weight is 217 g/mol. The zero-order valence-corrected chi connectivity index (χ0v) is 9.11. The van der Waals surface area contributed by atoms with Crippen LogP contribution in [0.15, 0.2) is 34.9 Å². The van der Waals surface area contributed by atoms with E-state index < -0.39 is 0 Å². The molecule has 0 aliphatic carbocycles. The van der Waals surface area contributed by atoms with Gasteiger partial charge < -0.3 is 14.5 Å². The number of fused-ring (bicyclic) bond motifs is 1. The zero-order chi connectivity index (χ0) is 10.8. The molecule has 0 saturated carbocycles. The number of furan rings is 1. The van der Waals surface area contributed by atoms with Crippen LogP contribution in [-0.2, 0) is 0 Å². The highest BCUT2D eigenvalue weighted by Gasteiger charge is 2.14. The molecule has 0 spiro atoms. The van der Waals surface area contributed by atoms with Gasteiger partial charge in [-0.1, -0.05) is 0 Å². The average Bonchev–Trinajstić information content (AvgIpc) is 2.97. The van der Waals surface area contributed by atoms with Gasteiger partial charge in [0.2, 0.25) is 0 Å². The molecule has 3 rings (SSSR count). The second-order valence-corrected chi connectivity index (χ2v) is 4.22. The Labute approximate surface area is 94.4 Å². The van der Waals surface area contributed by atoms with Gasteiger partial charge in [-0.15, -0.1) is 0 Å². The third-order valence-electron chi connectivity index (χ3n) is 3.04. The van der Waals surface area contributed by atoms with Gasteiger partial charge in [-0.3, -0.25) is 0 Å². The van der Waals surface area contributed by atoms with Crippen molar-refractivity contribution in [3.63, 3.8) is 0 Å². The Morgan fingerprint density at radius 1 is 1.38 bits per heavy atom. The highest BCUT2D eigenvalue weighted by molar-refractivity contribution is 5.78. The Morgan fingerprint density at radius 2 is 2.38 bits per heavy atom. The van der Waals surface area contributed by atoms with Crippen molar-refractivity contribution in [3.8, 4) is 5.75 Å². The maximum Gasteiger partial charge on any atom is 0.137 e. The molecule has 1 aromatic carbocycles. The van der Waals surface area contributed by atoms with Gasteiger partial charge in [0.15, 0.2) is 0 Å². The molecular weight excluding hydrogens is 202 g/mol. The maximum atomic E-state index is 5.74. The molecule has 0 radical (unpaired) electrons. The lowest BCUT2D eigenvalue weighted by atomic mass is 10.2. The van der Waals surface area contributed by atoms with Gasteiger partial charge in [0.1, 0.15) is 17.9 Å². The molecule has 1 unspecified atom stereocenters. The molecule has 2 aromatic rings. The number of rotatable bonds is 3. The summed E-state index contributed by atoms with van der Waals surface area (Å²) in [5.41, 5.74) is 0.886. The van der Waals surface area contributed by atoms with E-state index in [1.54, 1.807) is 6.26 Å². The predicted octanol–water partition coefficient (Wildman–Crippen LogP) is 2.56. The van der Waals surface area contributed by atoms with Crippen molar-refractivity contribution in [2.75, 3.05) is 13.2 Å². The first-order valence-electron chi connectivity index (χ1n) is 5.75. The molecule has 1 aromatic heterocycles. The normalized spacial score (nSPS) is 20.4. The molecule has 1 aliphatic heterocycles. The molecule has 3 heteroatoms. The molecule has 3 nitrogen and oxygen atoms in total. The van der Waals surface area contributed by atoms with Crippen LogP contribution in [0, 0.1) is 0 Å². The molecule has 1 N–H and O–H groups in total. The van der Waals surface area contributed by atoms with Crippen LogP contribution in [-0.4, -0.2) is 19.2 Å². The van der Waals surface area contributed by atoms with Crippen LogP contribution in [0.3, 0.4) is 0 Å². The molecule has 1 atom stereocenters. The van der Waals surface area contributed by atoms with Gasteiger partial charge >= 0.3 is 0 Å². The van der Waals surface area contributed by atoms with Crippen LogP contribution in [0.2, 0.25) is 0 Å². The van der Waals surface area contributed by atoms with E-state index in [4.69, 9.17) is 9.15 Å². The van der Waals surface area contributed by atoms with Gasteiger partial charge in [0.25, 0.3) is 0 Å². The third-order valence-corrected chi connectivity index (χ3v) is 3.04. The van der Waals surface area contributed by atoms with E-state index in [0.29, 0.717) is 6.04 Å². The summed E-state index contributed by atoms with van der Waals surface area (Å²) in [4.78, 5) is 0. The van der Waals surface area contributed by atoms with E-state index >= 15 is 0 Å². The molecule has 84 valence electrons. The topological polar surface area (TPSA) is 34.4 Å². The lowest BCUT2D eigenvalue weighted by Crippen LogP contribution is -2.28. The molecule has 0 bridgehead atoms. The van der Waals surface area contributed by atoms with E-state index in [9.17, 15) is 0 Å². The first-order valence-corrected chi connectivity index (χ1v) is 5.75. The largest absolute Gasteiger partial charge is 0.492 e. The highest BCUT2D eigenvalue weighted by atomic mass is 16.5. The number of hydrogen-bond acceptors (Lipinski definition) is 3. The predicted molar refractivity (Wildman–Crippen MR) is 62.7 cm³/mol. The Balaban J connectivity index is 1.68. The quantitative estimate of drug-likeness (QED) is 0.858. The fourth-order valence-electron chi connectivity index (χ4n) is 2.12. The van der Waals surface area contributed by atoms with Crippen molar-refractivity contribution in [2.45, 2.75) is 18.9 Å². The minimum atomic E-state index is 0.507. The first kappa shape index (κ1) is 9.73. The maximum absolute atomic E-state index is 5.74. The van der Waals surface area contributed by atoms with Crippen molar-refractivity contribution in [1.82, 2.24) is 5.32 Å². The summed E-state index contributed by atoms with van der Waals surface area (Å²) in [6, 6.07) is 8.43. The summed E-state index contributed by atoms with van der Waals surface area (Å²) < 4.78 is 11.1. The van der Waals surface area contributed by atoms with Crippen molar-refractivity contribution in [3.05, 3.63) is 30.5 Å². The summed E-state index contributed by atoms with van der Waals surface area (Å²) >= 11 is 0. The monoisotopic (exact) mass is 217 g/mol. The van der Waals surface area contributed by atoms with Gasteiger partial charge in [-0.2, -0.15) is 0 Å². The Hall–Kier alpha value is -1.48. The number of nitrogens with one attached hydrogen (secondary N) is 1. The minimum absolute atomic E-state index is 0.507. The van der Waals surface area contributed by atoms with Gasteiger partial charge in [0.05, 0.1) is 6.26 Å². The highest BCUT2D eigenvalue weighted by Crippen LogP contribution is 2.22. The minimum Gasteiger partial charge on any atom is -0.492 e. The molecule has 1 saturated heterocycles. The van der Waals surface area contributed by atoms with Crippen molar-refractivity contribution in [1.29, 1.82) is 0 Å². The van der Waals surface area contributed by atoms with Crippen LogP contribution in [0.4, 0.5) is 0 Å². The lowest BCUT2D eigenvalue weighted by molar-refractivity contribution is 0.277. The summed E-state index contributed by atoms with van der Waals surface area (Å²) in [7, 11) is 0. The van der Waals surface area contributed by atoms with Crippen molar-refractivity contribution >= 4 is 11.0 Å². The van der Waals surface area contributed by atoms with Gasteiger partial charge in [0, 0.05) is 17.5 Å². The number of benzene rings is 1. The first-order chi connectivity index (χ1) is 7.92. The molecule has 0 amide bonds. The summed E-state index contributed by atoms with van der Waals surface area (Å²) in [5.74, 6) is 0.885. The fraction of sp³-hybridized carbons (Fsp3) is 0.385. The van der Waals surface area contributed by atoms with E-state index in [-0.39, 0.29) is 0 Å². The zero-order valence-electron chi connectivity index (χ0n) is 9.11. The van der Waals surface area contributed by atoms with Crippen LogP contribution >= 0.6 is 0 Å². The second-order valence-electron chi connectivity index (χ2n) is 4.22. The number of hydrogen-bond donors (Lipinski definition) is 1. The van der Waals surface area contributed by atoms with E-state index in [2.05, 4.69) is 5.32 Å². The standard InChI is InChI=1S/C13H15NO2/c1-2-11(14-6-1)9-16-12-4-3-10-5-7-15-13(10)8-12/h3-5,7-8,11,14H,1-2,6,9H2. The summed E-state index contributed by atoms with van der Waals surface area (Å²) in [5, 5.41) is 4.53. The SMILES string of the molecule is c1cc2ccc(OCC3CCCN3)cc2o1. The van der Waals surface area contributed by atoms with E-state index in [1.165, 1.54) is 12.8 Å². The number of ether oxygens (including phenoxy) is 1. The molecule has 2 heterocycles. The Morgan fingerprint density at radius 3 is 3.25 bits per heavy atom. The van der Waals surface area contributed by atoms with E-state index in [1.807, 2.05) is 24.3 Å². The van der Waals surface area contributed by atoms with Crippen LogP contribution < -0.4 is 10.1 Å². The smallest absolute Gasteiger partial charge is 0.137 e. The molecule has 16 heavy (non-hydrogen) atoms. The van der Waals surface area contributed by atoms with E-state index in [0.717, 1.165) is 29.9 Å². The van der Waals surface area contributed by atoms with Crippen LogP contribution in [0.5, 0.6) is 5.75 Å². The van der Waals surface area contributed by atoms with Crippen molar-refractivity contribution < 1.29 is 9.15 Å². The van der Waals surface area contributed by atoms with Crippen LogP contribution in [0.25, 0.3) is 11.0 Å². The molecule has 1 fully saturated rings. The summed E-state index contributed by atoms with van der Waals surface area (Å²) in [6.07, 6.45) is 4.17. The van der Waals surface area contributed by atoms with Crippen molar-refractivity contribution in [2.24, 2.45) is 0 Å². The van der Waals surface area contributed by atoms with Gasteiger partial charge in [-0.05, 0) is 37.6 Å². The lowest BCUT2D eigenvalue weighted by Gasteiger charge is -2.11. The third kappa shape index (κ3) is 1.91. The summed E-state index contributed by atoms with van der Waals surface area (Å²) in [6.45, 7) is 1.86. The molecule has 1 aliphatic rings. The fourth-order valence-corrected chi connectivity index (χ4v) is 2.12. The Kier molecular flexibility index (Phi) is 2.54.